The van der Waals surface area contributed by atoms with Crippen molar-refractivity contribution >= 4 is 19.9 Å². The molecule has 0 saturated carbocycles. The van der Waals surface area contributed by atoms with Gasteiger partial charge in [-0.05, 0) is 10.8 Å². The fraction of sp³-hybridized carbons (Fsp3) is 0. The summed E-state index contributed by atoms with van der Waals surface area (Å²) >= 11 is 0. The van der Waals surface area contributed by atoms with Crippen LogP contribution in [0.3, 0.4) is 0 Å². The van der Waals surface area contributed by atoms with E-state index in [0.717, 1.165) is 0 Å². The minimum absolute atomic E-state index is 1.31. The van der Waals surface area contributed by atoms with Crippen LogP contribution in [0.15, 0.2) is 48.5 Å². The zero-order valence-corrected chi connectivity index (χ0v) is 7.53. The van der Waals surface area contributed by atoms with Gasteiger partial charge in [-0.1, -0.05) is 48.5 Å². The van der Waals surface area contributed by atoms with Gasteiger partial charge >= 0.3 is 0 Å². The monoisotopic (exact) mass is 176 g/mol. The van der Waals surface area contributed by atoms with Crippen LogP contribution in [0.4, 0.5) is 0 Å². The first-order chi connectivity index (χ1) is 5.97. The lowest BCUT2D eigenvalue weighted by atomic mass is 10.1. The zero-order valence-electron chi connectivity index (χ0n) is 6.53. The van der Waals surface area contributed by atoms with Gasteiger partial charge in [-0.3, -0.25) is 4.57 Å². The molecule has 2 aromatic carbocycles. The maximum atomic E-state index is 8.06. The number of hydrogen-bond donors (Lipinski definition) is 0. The van der Waals surface area contributed by atoms with Crippen molar-refractivity contribution < 1.29 is 4.57 Å². The van der Waals surface area contributed by atoms with Crippen LogP contribution in [0.5, 0.6) is 0 Å². The first-order valence-corrected chi connectivity index (χ1v) is 4.02. The minimum Gasteiger partial charge on any atom is -0.279 e. The minimum atomic E-state index is 1.31. The van der Waals surface area contributed by atoms with Gasteiger partial charge in [0.05, 0.1) is 0 Å². The van der Waals surface area contributed by atoms with E-state index in [2.05, 4.69) is 48.5 Å². The fourth-order valence-corrected chi connectivity index (χ4v) is 1.13. The summed E-state index contributed by atoms with van der Waals surface area (Å²) in [6, 6.07) is 16.7. The van der Waals surface area contributed by atoms with E-state index in [4.69, 9.17) is 4.57 Å². The third-order valence-corrected chi connectivity index (χ3v) is 1.66. The van der Waals surface area contributed by atoms with Gasteiger partial charge in [-0.2, -0.15) is 0 Å². The average Bonchev–Trinajstić information content (AvgIpc) is 2.21. The second-order valence-corrected chi connectivity index (χ2v) is 2.35. The number of hydrogen-bond acceptors (Lipinski definition) is 1. The quantitative estimate of drug-likeness (QED) is 0.563. The second kappa shape index (κ2) is 4.63. The topological polar surface area (TPSA) is 17.1 Å². The van der Waals surface area contributed by atoms with Crippen molar-refractivity contribution in [1.82, 2.24) is 0 Å². The Hall–Kier alpha value is -1.20. The van der Waals surface area contributed by atoms with Crippen LogP contribution in [0.1, 0.15) is 0 Å². The molecule has 0 aromatic heterocycles. The Bertz CT molecular complexity index is 294. The van der Waals surface area contributed by atoms with Gasteiger partial charge in [0.25, 0.3) is 0 Å². The summed E-state index contributed by atoms with van der Waals surface area (Å²) < 4.78 is 8.06. The largest absolute Gasteiger partial charge is 0.279 e. The van der Waals surface area contributed by atoms with Crippen molar-refractivity contribution in [1.29, 1.82) is 0 Å². The molecule has 0 aliphatic carbocycles. The molecular weight excluding hydrogens is 167 g/mol. The molecule has 2 aromatic rings. The van der Waals surface area contributed by atoms with Gasteiger partial charge in [-0.15, -0.1) is 0 Å². The van der Waals surface area contributed by atoms with E-state index >= 15 is 0 Å². The van der Waals surface area contributed by atoms with Gasteiger partial charge in [0.1, 0.15) is 9.12 Å². The average molecular weight is 176 g/mol. The Balaban J connectivity index is 0.000000336. The van der Waals surface area contributed by atoms with Gasteiger partial charge in [0.15, 0.2) is 0 Å². The molecule has 12 heavy (non-hydrogen) atoms. The molecule has 0 N–H and O–H groups in total. The summed E-state index contributed by atoms with van der Waals surface area (Å²) in [6.07, 6.45) is 0. The van der Waals surface area contributed by atoms with E-state index in [1.165, 1.54) is 10.8 Å². The number of rotatable bonds is 0. The highest BCUT2D eigenvalue weighted by Crippen LogP contribution is 2.11. The van der Waals surface area contributed by atoms with Gasteiger partial charge in [0, 0.05) is 0 Å². The molecule has 0 spiro atoms. The molecule has 60 valence electrons. The summed E-state index contributed by atoms with van der Waals surface area (Å²) in [5.41, 5.74) is 0. The van der Waals surface area contributed by atoms with Crippen LogP contribution >= 0.6 is 9.12 Å². The van der Waals surface area contributed by atoms with Crippen LogP contribution in [0.2, 0.25) is 0 Å². The summed E-state index contributed by atoms with van der Waals surface area (Å²) in [5, 5.41) is 2.62. The van der Waals surface area contributed by atoms with Crippen molar-refractivity contribution in [3.05, 3.63) is 48.5 Å². The maximum absolute atomic E-state index is 8.06. The molecule has 0 radical (unpaired) electrons. The zero-order chi connectivity index (χ0) is 8.81. The molecule has 0 unspecified atom stereocenters. The normalized spacial score (nSPS) is 8.67. The summed E-state index contributed by atoms with van der Waals surface area (Å²) in [4.78, 5) is 0. The summed E-state index contributed by atoms with van der Waals surface area (Å²) in [7, 11) is 1.72. The third-order valence-electron chi connectivity index (χ3n) is 1.66. The van der Waals surface area contributed by atoms with E-state index in [1.807, 2.05) is 0 Å². The van der Waals surface area contributed by atoms with Crippen molar-refractivity contribution in [3.8, 4) is 0 Å². The van der Waals surface area contributed by atoms with Crippen molar-refractivity contribution in [2.45, 2.75) is 0 Å². The fourth-order valence-electron chi connectivity index (χ4n) is 1.13. The Labute approximate surface area is 73.7 Å². The smallest absolute Gasteiger partial charge is 0.138 e. The van der Waals surface area contributed by atoms with Crippen LogP contribution in [0, 0.1) is 0 Å². The van der Waals surface area contributed by atoms with E-state index < -0.39 is 0 Å². The molecule has 0 atom stereocenters. The van der Waals surface area contributed by atoms with Crippen LogP contribution in [-0.4, -0.2) is 0 Å². The Kier molecular flexibility index (Phi) is 3.43. The molecule has 0 aliphatic heterocycles. The molecular formula is C10H9OP. The predicted molar refractivity (Wildman–Crippen MR) is 52.9 cm³/mol. The molecule has 0 bridgehead atoms. The van der Waals surface area contributed by atoms with Crippen LogP contribution < -0.4 is 0 Å². The number of benzene rings is 2. The predicted octanol–water partition coefficient (Wildman–Crippen LogP) is 3.31. The lowest BCUT2D eigenvalue weighted by Crippen LogP contribution is -1.67. The third kappa shape index (κ3) is 1.90. The van der Waals surface area contributed by atoms with Gasteiger partial charge in [0.2, 0.25) is 0 Å². The summed E-state index contributed by atoms with van der Waals surface area (Å²) in [5.74, 6) is 0. The molecule has 2 heteroatoms. The van der Waals surface area contributed by atoms with Crippen molar-refractivity contribution in [2.24, 2.45) is 0 Å². The Morgan fingerprint density at radius 1 is 0.667 bits per heavy atom. The Morgan fingerprint density at radius 3 is 1.17 bits per heavy atom. The highest BCUT2D eigenvalue weighted by atomic mass is 31.0. The summed E-state index contributed by atoms with van der Waals surface area (Å²) in [6.45, 7) is 0. The van der Waals surface area contributed by atoms with E-state index in [9.17, 15) is 0 Å². The van der Waals surface area contributed by atoms with E-state index in [-0.39, 0.29) is 0 Å². The van der Waals surface area contributed by atoms with Crippen LogP contribution in [0.25, 0.3) is 10.8 Å². The molecule has 0 saturated heterocycles. The number of fused-ring (bicyclic) bond motifs is 1. The Morgan fingerprint density at radius 2 is 0.917 bits per heavy atom. The standard InChI is InChI=1S/C10H8.HOP/c1-2-6-10-8-4-3-7-9(10)5-1;1-2/h1-8H;2H. The molecule has 2 rings (SSSR count). The lowest BCUT2D eigenvalue weighted by Gasteiger charge is -1.92. The van der Waals surface area contributed by atoms with Gasteiger partial charge < -0.3 is 0 Å². The van der Waals surface area contributed by atoms with E-state index in [1.54, 1.807) is 9.12 Å². The van der Waals surface area contributed by atoms with E-state index in [0.29, 0.717) is 0 Å². The molecule has 0 amide bonds. The molecule has 0 fully saturated rings. The second-order valence-electron chi connectivity index (χ2n) is 2.35. The lowest BCUT2D eigenvalue weighted by molar-refractivity contribution is 0.607. The molecule has 0 heterocycles. The van der Waals surface area contributed by atoms with Crippen molar-refractivity contribution in [3.63, 3.8) is 0 Å². The maximum Gasteiger partial charge on any atom is 0.138 e. The van der Waals surface area contributed by atoms with Crippen LogP contribution in [-0.2, 0) is 4.57 Å². The first-order valence-electron chi connectivity index (χ1n) is 3.61. The molecule has 0 aliphatic rings. The van der Waals surface area contributed by atoms with Gasteiger partial charge in [-0.25, -0.2) is 0 Å². The SMILES string of the molecule is O=P.c1ccc2ccccc2c1. The first kappa shape index (κ1) is 8.89. The highest BCUT2D eigenvalue weighted by molar-refractivity contribution is 7.00. The molecule has 1 nitrogen and oxygen atoms in total. The van der Waals surface area contributed by atoms with Crippen molar-refractivity contribution in [2.75, 3.05) is 0 Å². The highest BCUT2D eigenvalue weighted by Gasteiger charge is 1.85.